The first kappa shape index (κ1) is 23.2. The Kier molecular flexibility index (Phi) is 4.97. The van der Waals surface area contributed by atoms with Crippen molar-refractivity contribution in [3.05, 3.63) is 152 Å². The van der Waals surface area contributed by atoms with Gasteiger partial charge in [0.05, 0.1) is 5.52 Å². The third-order valence-corrected chi connectivity index (χ3v) is 8.86. The van der Waals surface area contributed by atoms with E-state index >= 15 is 0 Å². The molecule has 0 spiro atoms. The molecule has 9 aromatic rings. The van der Waals surface area contributed by atoms with Gasteiger partial charge in [-0.15, -0.1) is 0 Å². The molecule has 0 fully saturated rings. The van der Waals surface area contributed by atoms with E-state index < -0.39 is 0 Å². The molecule has 9 rings (SSSR count). The van der Waals surface area contributed by atoms with Crippen LogP contribution in [0.2, 0.25) is 0 Å². The highest BCUT2D eigenvalue weighted by Crippen LogP contribution is 2.39. The Morgan fingerprint density at radius 1 is 0.262 bits per heavy atom. The molecule has 0 N–H and O–H groups in total. The summed E-state index contributed by atoms with van der Waals surface area (Å²) in [5.74, 6) is 0. The number of rotatable bonds is 2. The molecule has 0 unspecified atom stereocenters. The van der Waals surface area contributed by atoms with Gasteiger partial charge >= 0.3 is 0 Å². The second kappa shape index (κ2) is 8.99. The van der Waals surface area contributed by atoms with Crippen molar-refractivity contribution in [3.8, 4) is 22.3 Å². The average molecular weight is 532 g/mol. The second-order valence-corrected chi connectivity index (χ2v) is 11.1. The Balaban J connectivity index is 1.23. The van der Waals surface area contributed by atoms with Gasteiger partial charge in [0.15, 0.2) is 0 Å². The largest absolute Gasteiger partial charge is 0.256 e. The summed E-state index contributed by atoms with van der Waals surface area (Å²) in [4.78, 5) is 4.78. The normalized spacial score (nSPS) is 11.8. The molecule has 0 saturated carbocycles. The third kappa shape index (κ3) is 3.41. The molecule has 1 nitrogen and oxygen atoms in total. The van der Waals surface area contributed by atoms with Gasteiger partial charge in [-0.05, 0) is 95.0 Å². The van der Waals surface area contributed by atoms with Crippen LogP contribution in [0.25, 0.3) is 87.0 Å². The maximum atomic E-state index is 4.78. The lowest BCUT2D eigenvalue weighted by Crippen LogP contribution is -1.87. The molecular formula is C41H25N. The zero-order valence-electron chi connectivity index (χ0n) is 22.9. The first-order valence-electron chi connectivity index (χ1n) is 14.5. The number of pyridine rings is 1. The highest BCUT2D eigenvalue weighted by atomic mass is 14.6. The fourth-order valence-electron chi connectivity index (χ4n) is 6.91. The fourth-order valence-corrected chi connectivity index (χ4v) is 6.91. The number of hydrogen-bond donors (Lipinski definition) is 0. The molecule has 194 valence electrons. The van der Waals surface area contributed by atoms with Gasteiger partial charge in [0.25, 0.3) is 0 Å². The Hall–Kier alpha value is -5.53. The number of aromatic nitrogens is 1. The van der Waals surface area contributed by atoms with Crippen molar-refractivity contribution in [1.29, 1.82) is 0 Å². The molecule has 8 aromatic carbocycles. The van der Waals surface area contributed by atoms with E-state index in [-0.39, 0.29) is 0 Å². The van der Waals surface area contributed by atoms with Gasteiger partial charge in [0, 0.05) is 17.0 Å². The van der Waals surface area contributed by atoms with Crippen molar-refractivity contribution in [2.75, 3.05) is 0 Å². The Morgan fingerprint density at radius 3 is 1.21 bits per heavy atom. The molecule has 1 heterocycles. The molecule has 0 saturated heterocycles. The maximum Gasteiger partial charge on any atom is 0.0786 e. The van der Waals surface area contributed by atoms with E-state index in [4.69, 9.17) is 4.98 Å². The molecule has 0 radical (unpaired) electrons. The molecule has 1 aromatic heterocycles. The van der Waals surface area contributed by atoms with E-state index in [1.807, 2.05) is 12.3 Å². The van der Waals surface area contributed by atoms with Gasteiger partial charge in [-0.3, -0.25) is 4.98 Å². The fraction of sp³-hybridized carbons (Fsp3) is 0. The SMILES string of the molecule is c1cc(-c2ccc3c4ccccc4c4ccccc4c3c2)cc(-c2ccc3c4ccccc4c4ncccc4c3c2)c1. The number of fused-ring (bicyclic) bond motifs is 12. The van der Waals surface area contributed by atoms with E-state index in [9.17, 15) is 0 Å². The highest BCUT2D eigenvalue weighted by molar-refractivity contribution is 6.26. The van der Waals surface area contributed by atoms with Gasteiger partial charge in [-0.1, -0.05) is 121 Å². The summed E-state index contributed by atoms with van der Waals surface area (Å²) in [6, 6.07) is 53.1. The monoisotopic (exact) mass is 531 g/mol. The lowest BCUT2D eigenvalue weighted by molar-refractivity contribution is 1.43. The van der Waals surface area contributed by atoms with Crippen LogP contribution in [-0.2, 0) is 0 Å². The molecule has 0 aliphatic heterocycles. The Morgan fingerprint density at radius 2 is 0.643 bits per heavy atom. The van der Waals surface area contributed by atoms with Crippen LogP contribution in [0.1, 0.15) is 0 Å². The van der Waals surface area contributed by atoms with Crippen LogP contribution in [0, 0.1) is 0 Å². The van der Waals surface area contributed by atoms with Crippen LogP contribution in [0.4, 0.5) is 0 Å². The summed E-state index contributed by atoms with van der Waals surface area (Å²) >= 11 is 0. The molecular weight excluding hydrogens is 506 g/mol. The van der Waals surface area contributed by atoms with Gasteiger partial charge < -0.3 is 0 Å². The van der Waals surface area contributed by atoms with Crippen LogP contribution in [0.5, 0.6) is 0 Å². The van der Waals surface area contributed by atoms with E-state index in [1.165, 1.54) is 81.5 Å². The molecule has 0 aliphatic rings. The first-order chi connectivity index (χ1) is 20.8. The van der Waals surface area contributed by atoms with Crippen molar-refractivity contribution in [2.45, 2.75) is 0 Å². The maximum absolute atomic E-state index is 4.78. The summed E-state index contributed by atoms with van der Waals surface area (Å²) in [6.07, 6.45) is 1.89. The molecule has 0 amide bonds. The smallest absolute Gasteiger partial charge is 0.0786 e. The van der Waals surface area contributed by atoms with E-state index in [1.54, 1.807) is 0 Å². The minimum Gasteiger partial charge on any atom is -0.256 e. The standard InChI is InChI=1S/C41H25N/c1-2-13-32-30(11-1)31-12-3-4-15-34(31)39-24-28(18-20-35(32)39)26-9-7-10-27(23-26)29-19-21-36-33-14-5-6-16-37(33)41-38(40(36)25-29)17-8-22-42-41/h1-25H. The minimum absolute atomic E-state index is 1.06. The highest BCUT2D eigenvalue weighted by Gasteiger charge is 2.12. The Labute approximate surface area is 243 Å². The lowest BCUT2D eigenvalue weighted by Gasteiger charge is -2.13. The van der Waals surface area contributed by atoms with E-state index in [2.05, 4.69) is 140 Å². The minimum atomic E-state index is 1.06. The van der Waals surface area contributed by atoms with E-state index in [0.29, 0.717) is 0 Å². The van der Waals surface area contributed by atoms with Gasteiger partial charge in [0.2, 0.25) is 0 Å². The lowest BCUT2D eigenvalue weighted by atomic mass is 9.91. The molecule has 0 aliphatic carbocycles. The van der Waals surface area contributed by atoms with Crippen LogP contribution < -0.4 is 0 Å². The zero-order chi connectivity index (χ0) is 27.6. The molecule has 0 bridgehead atoms. The van der Waals surface area contributed by atoms with Crippen molar-refractivity contribution in [1.82, 2.24) is 4.98 Å². The summed E-state index contributed by atoms with van der Waals surface area (Å²) in [6.45, 7) is 0. The Bertz CT molecular complexity index is 2280. The van der Waals surface area contributed by atoms with Crippen LogP contribution in [-0.4, -0.2) is 4.98 Å². The third-order valence-electron chi connectivity index (χ3n) is 8.86. The topological polar surface area (TPSA) is 12.9 Å². The van der Waals surface area contributed by atoms with Crippen LogP contribution >= 0.6 is 0 Å². The molecule has 42 heavy (non-hydrogen) atoms. The number of benzene rings is 8. The predicted molar refractivity (Wildman–Crippen MR) is 180 cm³/mol. The average Bonchev–Trinajstić information content (AvgIpc) is 3.08. The van der Waals surface area contributed by atoms with Crippen LogP contribution in [0.3, 0.4) is 0 Å². The quantitative estimate of drug-likeness (QED) is 0.202. The summed E-state index contributed by atoms with van der Waals surface area (Å²) in [5.41, 5.74) is 5.93. The zero-order valence-corrected chi connectivity index (χ0v) is 22.9. The summed E-state index contributed by atoms with van der Waals surface area (Å²) in [5, 5.41) is 13.9. The van der Waals surface area contributed by atoms with E-state index in [0.717, 1.165) is 5.52 Å². The number of nitrogens with zero attached hydrogens (tertiary/aromatic N) is 1. The summed E-state index contributed by atoms with van der Waals surface area (Å²) < 4.78 is 0. The van der Waals surface area contributed by atoms with Gasteiger partial charge in [-0.25, -0.2) is 0 Å². The molecule has 1 heteroatoms. The van der Waals surface area contributed by atoms with Gasteiger partial charge in [-0.2, -0.15) is 0 Å². The van der Waals surface area contributed by atoms with Crippen molar-refractivity contribution >= 4 is 64.8 Å². The van der Waals surface area contributed by atoms with Crippen LogP contribution in [0.15, 0.2) is 152 Å². The summed E-state index contributed by atoms with van der Waals surface area (Å²) in [7, 11) is 0. The first-order valence-corrected chi connectivity index (χ1v) is 14.5. The molecule has 0 atom stereocenters. The van der Waals surface area contributed by atoms with Crippen molar-refractivity contribution in [3.63, 3.8) is 0 Å². The van der Waals surface area contributed by atoms with Gasteiger partial charge in [0.1, 0.15) is 0 Å². The predicted octanol–water partition coefficient (Wildman–Crippen LogP) is 11.3. The second-order valence-electron chi connectivity index (χ2n) is 11.1. The van der Waals surface area contributed by atoms with Crippen molar-refractivity contribution in [2.24, 2.45) is 0 Å². The van der Waals surface area contributed by atoms with Crippen molar-refractivity contribution < 1.29 is 0 Å². The number of hydrogen-bond acceptors (Lipinski definition) is 1.